The zero-order chi connectivity index (χ0) is 25.2. The van der Waals surface area contributed by atoms with Crippen LogP contribution in [0.25, 0.3) is 0 Å². The number of amides is 2. The first kappa shape index (κ1) is 26.5. The van der Waals surface area contributed by atoms with Crippen LogP contribution in [0.3, 0.4) is 0 Å². The zero-order valence-electron chi connectivity index (χ0n) is 21.0. The molecule has 1 aliphatic rings. The van der Waals surface area contributed by atoms with Gasteiger partial charge in [-0.2, -0.15) is 0 Å². The Morgan fingerprint density at radius 1 is 1.06 bits per heavy atom. The van der Waals surface area contributed by atoms with Crippen molar-refractivity contribution in [1.29, 1.82) is 0 Å². The van der Waals surface area contributed by atoms with Gasteiger partial charge < -0.3 is 25.2 Å². The second kappa shape index (κ2) is 13.1. The molecule has 0 bridgehead atoms. The Kier molecular flexibility index (Phi) is 9.90. The first-order valence-corrected chi connectivity index (χ1v) is 12.5. The van der Waals surface area contributed by atoms with Gasteiger partial charge in [0.05, 0.1) is 19.2 Å². The summed E-state index contributed by atoms with van der Waals surface area (Å²) in [7, 11) is 0. The molecule has 2 aromatic carbocycles. The molecule has 1 unspecified atom stereocenters. The number of nitrogens with one attached hydrogen (secondary N) is 2. The van der Waals surface area contributed by atoms with E-state index in [4.69, 9.17) is 4.74 Å². The van der Waals surface area contributed by atoms with E-state index in [1.54, 1.807) is 30.3 Å². The van der Waals surface area contributed by atoms with Gasteiger partial charge in [0.25, 0.3) is 5.91 Å². The van der Waals surface area contributed by atoms with E-state index < -0.39 is 6.04 Å². The molecule has 1 fully saturated rings. The van der Waals surface area contributed by atoms with E-state index in [1.807, 2.05) is 6.92 Å². The first-order chi connectivity index (χ1) is 16.9. The van der Waals surface area contributed by atoms with Gasteiger partial charge in [-0.25, -0.2) is 4.39 Å². The summed E-state index contributed by atoms with van der Waals surface area (Å²) in [6.45, 7) is 11.2. The monoisotopic (exact) mass is 484 g/mol. The van der Waals surface area contributed by atoms with E-state index in [0.29, 0.717) is 17.9 Å². The van der Waals surface area contributed by atoms with Crippen LogP contribution >= 0.6 is 0 Å². The van der Waals surface area contributed by atoms with Crippen molar-refractivity contribution in [2.45, 2.75) is 39.7 Å². The fourth-order valence-corrected chi connectivity index (χ4v) is 4.13. The van der Waals surface area contributed by atoms with E-state index >= 15 is 0 Å². The van der Waals surface area contributed by atoms with Gasteiger partial charge in [0.1, 0.15) is 11.6 Å². The smallest absolute Gasteiger partial charge is 0.251 e. The van der Waals surface area contributed by atoms with Crippen LogP contribution in [0.5, 0.6) is 5.75 Å². The number of nitrogens with zero attached hydrogens (tertiary/aromatic N) is 2. The Morgan fingerprint density at radius 3 is 2.43 bits per heavy atom. The predicted molar refractivity (Wildman–Crippen MR) is 136 cm³/mol. The van der Waals surface area contributed by atoms with Crippen molar-refractivity contribution in [2.75, 3.05) is 50.8 Å². The molecule has 0 aromatic heterocycles. The highest BCUT2D eigenvalue weighted by Gasteiger charge is 2.22. The Hall–Kier alpha value is -3.13. The fourth-order valence-electron chi connectivity index (χ4n) is 4.13. The largest absolute Gasteiger partial charge is 0.494 e. The second-order valence-electron chi connectivity index (χ2n) is 8.82. The molecule has 35 heavy (non-hydrogen) atoms. The van der Waals surface area contributed by atoms with Gasteiger partial charge in [-0.15, -0.1) is 0 Å². The molecule has 1 aliphatic heterocycles. The van der Waals surface area contributed by atoms with E-state index in [2.05, 4.69) is 34.3 Å². The average Bonchev–Trinajstić information content (AvgIpc) is 2.88. The minimum absolute atomic E-state index is 0.169. The van der Waals surface area contributed by atoms with Crippen molar-refractivity contribution >= 4 is 17.5 Å². The number of likely N-dealkylation sites (N-methyl/N-ethyl adjacent to an activating group) is 1. The number of unbranched alkanes of at least 4 members (excludes halogenated alkanes) is 1. The molecular weight excluding hydrogens is 447 g/mol. The number of hydrogen-bond donors (Lipinski definition) is 2. The van der Waals surface area contributed by atoms with Gasteiger partial charge in [0.15, 0.2) is 0 Å². The summed E-state index contributed by atoms with van der Waals surface area (Å²) in [5.41, 5.74) is 2.11. The van der Waals surface area contributed by atoms with Crippen molar-refractivity contribution in [3.63, 3.8) is 0 Å². The summed E-state index contributed by atoms with van der Waals surface area (Å²) in [6.07, 6.45) is 2.03. The minimum Gasteiger partial charge on any atom is -0.494 e. The number of anilines is 1. The summed E-state index contributed by atoms with van der Waals surface area (Å²) in [6, 6.07) is 11.2. The summed E-state index contributed by atoms with van der Waals surface area (Å²) in [5, 5.41) is 5.54. The van der Waals surface area contributed by atoms with Crippen LogP contribution < -0.4 is 20.3 Å². The number of halogens is 1. The lowest BCUT2D eigenvalue weighted by Gasteiger charge is -2.37. The molecule has 2 amide bonds. The van der Waals surface area contributed by atoms with E-state index in [1.165, 1.54) is 12.1 Å². The van der Waals surface area contributed by atoms with Crippen LogP contribution in [0.15, 0.2) is 42.5 Å². The lowest BCUT2D eigenvalue weighted by molar-refractivity contribution is -0.120. The van der Waals surface area contributed by atoms with Crippen LogP contribution in [0, 0.1) is 5.82 Å². The van der Waals surface area contributed by atoms with Crippen molar-refractivity contribution in [1.82, 2.24) is 15.5 Å². The van der Waals surface area contributed by atoms with Crippen LogP contribution in [0.2, 0.25) is 0 Å². The molecule has 2 N–H and O–H groups in total. The highest BCUT2D eigenvalue weighted by atomic mass is 19.1. The van der Waals surface area contributed by atoms with Crippen molar-refractivity contribution < 1.29 is 18.7 Å². The zero-order valence-corrected chi connectivity index (χ0v) is 21.0. The first-order valence-electron chi connectivity index (χ1n) is 12.5. The molecule has 190 valence electrons. The third-order valence-corrected chi connectivity index (χ3v) is 6.29. The maximum Gasteiger partial charge on any atom is 0.251 e. The molecule has 3 rings (SSSR count). The average molecular weight is 485 g/mol. The normalized spacial score (nSPS) is 14.9. The molecule has 1 saturated heterocycles. The van der Waals surface area contributed by atoms with Crippen molar-refractivity contribution in [3.8, 4) is 5.75 Å². The minimum atomic E-state index is -0.408. The van der Waals surface area contributed by atoms with Gasteiger partial charge >= 0.3 is 0 Å². The molecule has 0 spiro atoms. The highest BCUT2D eigenvalue weighted by molar-refractivity contribution is 5.96. The molecule has 0 saturated carbocycles. The molecule has 1 atom stereocenters. The highest BCUT2D eigenvalue weighted by Crippen LogP contribution is 2.28. The summed E-state index contributed by atoms with van der Waals surface area (Å²) < 4.78 is 19.7. The van der Waals surface area contributed by atoms with Crippen LogP contribution in [0.4, 0.5) is 10.1 Å². The lowest BCUT2D eigenvalue weighted by atomic mass is 10.0. The van der Waals surface area contributed by atoms with E-state index in [9.17, 15) is 14.0 Å². The van der Waals surface area contributed by atoms with Crippen LogP contribution in [-0.4, -0.2) is 62.6 Å². The standard InChI is InChI=1S/C27H37FN4O3/c1-4-6-17-35-23-10-7-21(8-11-23)27(34)29-19-26(33)30-20(3)24-18-22(28)9-12-25(24)32-15-13-31(5-2)14-16-32/h7-12,18,20H,4-6,13-17,19H2,1-3H3,(H,29,34)(H,30,33). The maximum absolute atomic E-state index is 14.1. The van der Waals surface area contributed by atoms with Gasteiger partial charge in [0.2, 0.25) is 5.91 Å². The molecule has 1 heterocycles. The molecule has 2 aromatic rings. The molecule has 7 nitrogen and oxygen atoms in total. The number of ether oxygens (including phenoxy) is 1. The predicted octanol–water partition coefficient (Wildman–Crippen LogP) is 3.75. The maximum atomic E-state index is 14.1. The van der Waals surface area contributed by atoms with Gasteiger partial charge in [-0.05, 0) is 62.4 Å². The number of rotatable bonds is 11. The Balaban J connectivity index is 1.54. The van der Waals surface area contributed by atoms with Crippen LogP contribution in [0.1, 0.15) is 55.6 Å². The number of carbonyl (C=O) groups excluding carboxylic acids is 2. The third-order valence-electron chi connectivity index (χ3n) is 6.29. The lowest BCUT2D eigenvalue weighted by Crippen LogP contribution is -2.46. The summed E-state index contributed by atoms with van der Waals surface area (Å²) in [4.78, 5) is 29.6. The Morgan fingerprint density at radius 2 is 1.77 bits per heavy atom. The summed E-state index contributed by atoms with van der Waals surface area (Å²) in [5.74, 6) is -0.305. The topological polar surface area (TPSA) is 73.9 Å². The van der Waals surface area contributed by atoms with Crippen LogP contribution in [-0.2, 0) is 4.79 Å². The Bertz CT molecular complexity index is 975. The second-order valence-corrected chi connectivity index (χ2v) is 8.82. The quantitative estimate of drug-likeness (QED) is 0.475. The Labute approximate surface area is 207 Å². The molecule has 0 radical (unpaired) electrons. The van der Waals surface area contributed by atoms with Gasteiger partial charge in [0, 0.05) is 43.0 Å². The van der Waals surface area contributed by atoms with E-state index in [-0.39, 0.29) is 24.2 Å². The molecule has 8 heteroatoms. The third kappa shape index (κ3) is 7.68. The van der Waals surface area contributed by atoms with Crippen molar-refractivity contribution in [2.24, 2.45) is 0 Å². The molecule has 0 aliphatic carbocycles. The fraction of sp³-hybridized carbons (Fsp3) is 0.481. The van der Waals surface area contributed by atoms with Crippen molar-refractivity contribution in [3.05, 3.63) is 59.4 Å². The number of hydrogen-bond acceptors (Lipinski definition) is 5. The van der Waals surface area contributed by atoms with E-state index in [0.717, 1.165) is 56.8 Å². The number of carbonyl (C=O) groups is 2. The number of benzene rings is 2. The van der Waals surface area contributed by atoms with Gasteiger partial charge in [-0.1, -0.05) is 20.3 Å². The SMILES string of the molecule is CCCCOc1ccc(C(=O)NCC(=O)NC(C)c2cc(F)ccc2N2CCN(CC)CC2)cc1. The number of piperazine rings is 1. The van der Waals surface area contributed by atoms with Gasteiger partial charge in [-0.3, -0.25) is 9.59 Å². The summed E-state index contributed by atoms with van der Waals surface area (Å²) >= 11 is 0. The molecular formula is C27H37FN4O3.